The van der Waals surface area contributed by atoms with Gasteiger partial charge in [0.1, 0.15) is 12.6 Å². The average molecular weight is 483 g/mol. The minimum Gasteiger partial charge on any atom is -0.479 e. The summed E-state index contributed by atoms with van der Waals surface area (Å²) in [6, 6.07) is 15.0. The number of carbonyl (C=O) groups is 3. The Morgan fingerprint density at radius 2 is 1.71 bits per heavy atom. The highest BCUT2D eigenvalue weighted by Crippen LogP contribution is 2.44. The van der Waals surface area contributed by atoms with Gasteiger partial charge in [-0.3, -0.25) is 4.79 Å². The number of fused-ring (bicyclic) bond motifs is 3. The molecule has 1 saturated heterocycles. The van der Waals surface area contributed by atoms with Crippen LogP contribution in [0.2, 0.25) is 0 Å². The van der Waals surface area contributed by atoms with Gasteiger partial charge in [-0.2, -0.15) is 0 Å². The van der Waals surface area contributed by atoms with E-state index in [1.165, 1.54) is 7.11 Å². The topological polar surface area (TPSA) is 123 Å². The molecule has 1 heterocycles. The average Bonchev–Trinajstić information content (AvgIpc) is 3.47. The van der Waals surface area contributed by atoms with E-state index in [0.717, 1.165) is 22.3 Å². The van der Waals surface area contributed by atoms with Gasteiger partial charge in [0.2, 0.25) is 5.91 Å². The summed E-state index contributed by atoms with van der Waals surface area (Å²) in [6.45, 7) is 2.23. The summed E-state index contributed by atoms with van der Waals surface area (Å²) in [7, 11) is 1.44. The van der Waals surface area contributed by atoms with Crippen LogP contribution in [0, 0.1) is 5.92 Å². The molecule has 0 saturated carbocycles. The quantitative estimate of drug-likeness (QED) is 0.502. The Morgan fingerprint density at radius 3 is 2.31 bits per heavy atom. The normalized spacial score (nSPS) is 20.4. The lowest BCUT2D eigenvalue weighted by Crippen LogP contribution is -2.54. The zero-order chi connectivity index (χ0) is 24.9. The Morgan fingerprint density at radius 1 is 1.09 bits per heavy atom. The number of hydrogen-bond donors (Lipinski definition) is 3. The predicted octanol–water partition coefficient (Wildman–Crippen LogP) is 2.53. The fraction of sp³-hybridized carbons (Fsp3) is 0.423. The highest BCUT2D eigenvalue weighted by atomic mass is 16.5. The Kier molecular flexibility index (Phi) is 7.67. The number of carboxylic acids is 1. The third kappa shape index (κ3) is 5.31. The molecule has 0 aromatic heterocycles. The van der Waals surface area contributed by atoms with E-state index in [0.29, 0.717) is 13.0 Å². The van der Waals surface area contributed by atoms with Crippen LogP contribution in [0.3, 0.4) is 0 Å². The van der Waals surface area contributed by atoms with Gasteiger partial charge in [-0.05, 0) is 35.6 Å². The van der Waals surface area contributed by atoms with Gasteiger partial charge >= 0.3 is 12.1 Å². The summed E-state index contributed by atoms with van der Waals surface area (Å²) in [5.41, 5.74) is 4.43. The summed E-state index contributed by atoms with van der Waals surface area (Å²) in [5.74, 6) is -1.98. The van der Waals surface area contributed by atoms with E-state index in [1.54, 1.807) is 6.92 Å². The predicted molar refractivity (Wildman–Crippen MR) is 127 cm³/mol. The Hall–Kier alpha value is -3.43. The Labute approximate surface area is 203 Å². The van der Waals surface area contributed by atoms with Gasteiger partial charge in [0.05, 0.1) is 6.10 Å². The number of rotatable bonds is 9. The first-order valence-electron chi connectivity index (χ1n) is 11.7. The minimum atomic E-state index is -1.06. The number of benzene rings is 2. The van der Waals surface area contributed by atoms with Crippen LogP contribution in [-0.4, -0.2) is 68.2 Å². The molecule has 9 nitrogen and oxygen atoms in total. The van der Waals surface area contributed by atoms with E-state index in [9.17, 15) is 19.5 Å². The third-order valence-electron chi connectivity index (χ3n) is 6.74. The standard InChI is InChI=1S/C26H30N2O7/c1-15(33-2)22(24(29)27-13-16-11-12-34-23(16)25(30)31)28-26(32)35-14-21-19-9-5-3-7-17(19)18-8-4-6-10-20(18)21/h3-10,15-16,21-23H,11-14H2,1-2H3,(H,27,29)(H,28,32)(H,30,31)/t15?,16-,22?,23-/m1/s1. The molecule has 186 valence electrons. The zero-order valence-corrected chi connectivity index (χ0v) is 19.7. The van der Waals surface area contributed by atoms with Crippen molar-refractivity contribution in [2.75, 3.05) is 26.9 Å². The number of hydrogen-bond acceptors (Lipinski definition) is 6. The lowest BCUT2D eigenvalue weighted by molar-refractivity contribution is -0.149. The van der Waals surface area contributed by atoms with Crippen LogP contribution >= 0.6 is 0 Å². The summed E-state index contributed by atoms with van der Waals surface area (Å²) >= 11 is 0. The summed E-state index contributed by atoms with van der Waals surface area (Å²) in [6.07, 6.45) is -1.79. The highest BCUT2D eigenvalue weighted by molar-refractivity contribution is 5.86. The molecule has 2 aromatic rings. The first kappa shape index (κ1) is 24.7. The Bertz CT molecular complexity index is 1040. The summed E-state index contributed by atoms with van der Waals surface area (Å²) in [4.78, 5) is 36.8. The molecule has 3 N–H and O–H groups in total. The minimum absolute atomic E-state index is 0.101. The maximum absolute atomic E-state index is 12.9. The molecule has 0 spiro atoms. The van der Waals surface area contributed by atoms with E-state index in [-0.39, 0.29) is 25.0 Å². The number of carboxylic acid groups (broad SMARTS) is 1. The molecule has 2 unspecified atom stereocenters. The molecule has 1 fully saturated rings. The van der Waals surface area contributed by atoms with Gasteiger partial charge in [-0.25, -0.2) is 9.59 Å². The van der Waals surface area contributed by atoms with Crippen molar-refractivity contribution in [3.8, 4) is 11.1 Å². The van der Waals surface area contributed by atoms with Gasteiger partial charge < -0.3 is 30.0 Å². The first-order valence-corrected chi connectivity index (χ1v) is 11.7. The monoisotopic (exact) mass is 482 g/mol. The fourth-order valence-corrected chi connectivity index (χ4v) is 4.76. The highest BCUT2D eigenvalue weighted by Gasteiger charge is 2.36. The molecule has 2 amide bonds. The number of methoxy groups -OCH3 is 1. The molecular formula is C26H30N2O7. The van der Waals surface area contributed by atoms with E-state index in [1.807, 2.05) is 36.4 Å². The summed E-state index contributed by atoms with van der Waals surface area (Å²) in [5, 5.41) is 14.6. The van der Waals surface area contributed by atoms with Gasteiger partial charge in [0, 0.05) is 32.1 Å². The van der Waals surface area contributed by atoms with Crippen LogP contribution in [0.1, 0.15) is 30.4 Å². The zero-order valence-electron chi connectivity index (χ0n) is 19.7. The van der Waals surface area contributed by atoms with Crippen molar-refractivity contribution in [2.45, 2.75) is 37.5 Å². The lowest BCUT2D eigenvalue weighted by Gasteiger charge is -2.24. The second-order valence-electron chi connectivity index (χ2n) is 8.81. The van der Waals surface area contributed by atoms with Crippen LogP contribution in [-0.2, 0) is 23.8 Å². The SMILES string of the molecule is COC(C)C(NC(=O)OCC1c2ccccc2-c2ccccc21)C(=O)NC[C@H]1CCO[C@H]1C(=O)O. The van der Waals surface area contributed by atoms with Crippen molar-refractivity contribution >= 4 is 18.0 Å². The summed E-state index contributed by atoms with van der Waals surface area (Å²) < 4.78 is 16.1. The number of amides is 2. The maximum Gasteiger partial charge on any atom is 0.407 e. The lowest BCUT2D eigenvalue weighted by atomic mass is 9.98. The number of carbonyl (C=O) groups excluding carboxylic acids is 2. The molecule has 0 radical (unpaired) electrons. The Balaban J connectivity index is 1.37. The molecule has 9 heteroatoms. The van der Waals surface area contributed by atoms with Crippen molar-refractivity contribution in [3.63, 3.8) is 0 Å². The molecule has 4 rings (SSSR count). The molecule has 4 atom stereocenters. The van der Waals surface area contributed by atoms with E-state index >= 15 is 0 Å². The first-order chi connectivity index (χ1) is 16.9. The van der Waals surface area contributed by atoms with Gasteiger partial charge in [-0.15, -0.1) is 0 Å². The molecule has 35 heavy (non-hydrogen) atoms. The molecule has 0 bridgehead atoms. The van der Waals surface area contributed by atoms with Gasteiger partial charge in [-0.1, -0.05) is 48.5 Å². The second-order valence-corrected chi connectivity index (χ2v) is 8.81. The van der Waals surface area contributed by atoms with Crippen LogP contribution in [0.4, 0.5) is 4.79 Å². The van der Waals surface area contributed by atoms with E-state index in [4.69, 9.17) is 14.2 Å². The largest absolute Gasteiger partial charge is 0.479 e. The van der Waals surface area contributed by atoms with E-state index < -0.39 is 36.2 Å². The molecular weight excluding hydrogens is 452 g/mol. The smallest absolute Gasteiger partial charge is 0.407 e. The van der Waals surface area contributed by atoms with Gasteiger partial charge in [0.25, 0.3) is 0 Å². The van der Waals surface area contributed by atoms with E-state index in [2.05, 4.69) is 22.8 Å². The molecule has 2 aromatic carbocycles. The van der Waals surface area contributed by atoms with Crippen molar-refractivity contribution < 1.29 is 33.7 Å². The number of alkyl carbamates (subject to hydrolysis) is 1. The maximum atomic E-state index is 12.9. The number of aliphatic carboxylic acids is 1. The van der Waals surface area contributed by atoms with Crippen LogP contribution < -0.4 is 10.6 Å². The number of nitrogens with one attached hydrogen (secondary N) is 2. The van der Waals surface area contributed by atoms with Crippen LogP contribution in [0.5, 0.6) is 0 Å². The second kappa shape index (κ2) is 10.9. The van der Waals surface area contributed by atoms with Crippen LogP contribution in [0.15, 0.2) is 48.5 Å². The fourth-order valence-electron chi connectivity index (χ4n) is 4.76. The molecule has 1 aliphatic carbocycles. The van der Waals surface area contributed by atoms with Crippen molar-refractivity contribution in [1.29, 1.82) is 0 Å². The van der Waals surface area contributed by atoms with Crippen molar-refractivity contribution in [2.24, 2.45) is 5.92 Å². The van der Waals surface area contributed by atoms with Crippen molar-refractivity contribution in [1.82, 2.24) is 10.6 Å². The van der Waals surface area contributed by atoms with Crippen LogP contribution in [0.25, 0.3) is 11.1 Å². The molecule has 2 aliphatic rings. The van der Waals surface area contributed by atoms with Crippen molar-refractivity contribution in [3.05, 3.63) is 59.7 Å². The number of ether oxygens (including phenoxy) is 3. The third-order valence-corrected chi connectivity index (χ3v) is 6.74. The molecule has 1 aliphatic heterocycles. The van der Waals surface area contributed by atoms with Gasteiger partial charge in [0.15, 0.2) is 6.10 Å².